The first-order valence-electron chi connectivity index (χ1n) is 7.96. The molecule has 0 saturated carbocycles. The molecule has 2 aromatic carbocycles. The summed E-state index contributed by atoms with van der Waals surface area (Å²) in [4.78, 5) is 26.2. The molecular formula is C19H21N3O2. The molecule has 3 rings (SSSR count). The quantitative estimate of drug-likeness (QED) is 0.913. The first-order chi connectivity index (χ1) is 11.5. The molecule has 1 aliphatic heterocycles. The number of amides is 2. The van der Waals surface area contributed by atoms with E-state index in [1.54, 1.807) is 0 Å². The van der Waals surface area contributed by atoms with Gasteiger partial charge < -0.3 is 10.6 Å². The Morgan fingerprint density at radius 2 is 1.83 bits per heavy atom. The Labute approximate surface area is 141 Å². The lowest BCUT2D eigenvalue weighted by atomic mass is 10.1. The van der Waals surface area contributed by atoms with Gasteiger partial charge >= 0.3 is 0 Å². The van der Waals surface area contributed by atoms with Gasteiger partial charge in [-0.05, 0) is 44.0 Å². The van der Waals surface area contributed by atoms with E-state index in [9.17, 15) is 9.59 Å². The van der Waals surface area contributed by atoms with E-state index < -0.39 is 0 Å². The van der Waals surface area contributed by atoms with Crippen LogP contribution in [0.25, 0.3) is 0 Å². The van der Waals surface area contributed by atoms with E-state index in [4.69, 9.17) is 0 Å². The van der Waals surface area contributed by atoms with Crippen molar-refractivity contribution >= 4 is 28.9 Å². The number of anilines is 3. The lowest BCUT2D eigenvalue weighted by Crippen LogP contribution is -2.44. The van der Waals surface area contributed by atoms with Crippen LogP contribution in [0.5, 0.6) is 0 Å². The maximum Gasteiger partial charge on any atom is 0.246 e. The third kappa shape index (κ3) is 3.11. The molecule has 124 valence electrons. The van der Waals surface area contributed by atoms with E-state index >= 15 is 0 Å². The van der Waals surface area contributed by atoms with Gasteiger partial charge in [0, 0.05) is 5.69 Å². The molecule has 0 bridgehead atoms. The minimum Gasteiger partial charge on any atom is -0.374 e. The zero-order valence-electron chi connectivity index (χ0n) is 14.1. The van der Waals surface area contributed by atoms with Crippen molar-refractivity contribution in [2.24, 2.45) is 0 Å². The van der Waals surface area contributed by atoms with Gasteiger partial charge in [0.25, 0.3) is 0 Å². The van der Waals surface area contributed by atoms with Gasteiger partial charge in [-0.3, -0.25) is 14.5 Å². The van der Waals surface area contributed by atoms with Crippen LogP contribution < -0.4 is 15.5 Å². The van der Waals surface area contributed by atoms with Gasteiger partial charge in [0.15, 0.2) is 0 Å². The van der Waals surface area contributed by atoms with Gasteiger partial charge in [-0.2, -0.15) is 0 Å². The third-order valence-electron chi connectivity index (χ3n) is 4.17. The van der Waals surface area contributed by atoms with Crippen LogP contribution in [0.15, 0.2) is 36.4 Å². The molecule has 2 N–H and O–H groups in total. The zero-order valence-corrected chi connectivity index (χ0v) is 14.1. The summed E-state index contributed by atoms with van der Waals surface area (Å²) in [6, 6.07) is 11.6. The van der Waals surface area contributed by atoms with Crippen LogP contribution in [0.2, 0.25) is 0 Å². The Bertz CT molecular complexity index is 791. The predicted octanol–water partition coefficient (Wildman–Crippen LogP) is 3.01. The first-order valence-corrected chi connectivity index (χ1v) is 7.96. The van der Waals surface area contributed by atoms with Gasteiger partial charge in [-0.25, -0.2) is 0 Å². The summed E-state index contributed by atoms with van der Waals surface area (Å²) in [6.07, 6.45) is 0. The SMILES string of the molecule is Cc1cc(C)c(NC(=O)CN2C(=O)CNc3ccccc32)c(C)c1. The van der Waals surface area contributed by atoms with Crippen LogP contribution in [0.3, 0.4) is 0 Å². The van der Waals surface area contributed by atoms with Crippen molar-refractivity contribution in [1.82, 2.24) is 0 Å². The van der Waals surface area contributed by atoms with Crippen molar-refractivity contribution in [3.63, 3.8) is 0 Å². The van der Waals surface area contributed by atoms with E-state index in [0.29, 0.717) is 0 Å². The fraction of sp³-hybridized carbons (Fsp3) is 0.263. The molecular weight excluding hydrogens is 302 g/mol. The molecule has 5 nitrogen and oxygen atoms in total. The van der Waals surface area contributed by atoms with Crippen LogP contribution in [-0.2, 0) is 9.59 Å². The zero-order chi connectivity index (χ0) is 17.3. The fourth-order valence-corrected chi connectivity index (χ4v) is 3.13. The standard InChI is InChI=1S/C19H21N3O2/c1-12-8-13(2)19(14(3)9-12)21-17(23)11-22-16-7-5-4-6-15(16)20-10-18(22)24/h4-9,20H,10-11H2,1-3H3,(H,21,23). The fourth-order valence-electron chi connectivity index (χ4n) is 3.13. The lowest BCUT2D eigenvalue weighted by molar-refractivity contribution is -0.120. The minimum absolute atomic E-state index is 0.00425. The number of aryl methyl sites for hydroxylation is 3. The highest BCUT2D eigenvalue weighted by Gasteiger charge is 2.25. The largest absolute Gasteiger partial charge is 0.374 e. The summed E-state index contributed by atoms with van der Waals surface area (Å²) in [5.74, 6) is -0.309. The van der Waals surface area contributed by atoms with Gasteiger partial charge in [0.1, 0.15) is 6.54 Å². The molecule has 5 heteroatoms. The molecule has 0 saturated heterocycles. The topological polar surface area (TPSA) is 61.4 Å². The molecule has 0 radical (unpaired) electrons. The van der Waals surface area contributed by atoms with Crippen LogP contribution in [0.1, 0.15) is 16.7 Å². The maximum atomic E-state index is 12.5. The molecule has 1 heterocycles. The Hall–Kier alpha value is -2.82. The van der Waals surface area contributed by atoms with E-state index in [1.165, 1.54) is 4.90 Å². The van der Waals surface area contributed by atoms with Gasteiger partial charge in [-0.15, -0.1) is 0 Å². The Kier molecular flexibility index (Phi) is 4.25. The number of benzene rings is 2. The number of hydrogen-bond acceptors (Lipinski definition) is 3. The molecule has 0 aliphatic carbocycles. The highest BCUT2D eigenvalue weighted by atomic mass is 16.2. The van der Waals surface area contributed by atoms with E-state index in [2.05, 4.69) is 10.6 Å². The number of nitrogens with zero attached hydrogens (tertiary/aromatic N) is 1. The molecule has 0 aromatic heterocycles. The highest BCUT2D eigenvalue weighted by molar-refractivity contribution is 6.08. The van der Waals surface area contributed by atoms with E-state index in [0.717, 1.165) is 33.8 Å². The molecule has 2 aromatic rings. The van der Waals surface area contributed by atoms with Crippen molar-refractivity contribution < 1.29 is 9.59 Å². The number of nitrogens with one attached hydrogen (secondary N) is 2. The summed E-state index contributed by atoms with van der Waals surface area (Å²) in [5.41, 5.74) is 5.63. The summed E-state index contributed by atoms with van der Waals surface area (Å²) < 4.78 is 0. The summed E-state index contributed by atoms with van der Waals surface area (Å²) in [5, 5.41) is 6.02. The number of hydrogen-bond donors (Lipinski definition) is 2. The van der Waals surface area contributed by atoms with Crippen molar-refractivity contribution in [3.8, 4) is 0 Å². The number of carbonyl (C=O) groups is 2. The van der Waals surface area contributed by atoms with Gasteiger partial charge in [-0.1, -0.05) is 29.8 Å². The number of fused-ring (bicyclic) bond motifs is 1. The Morgan fingerprint density at radius 3 is 2.54 bits per heavy atom. The normalized spacial score (nSPS) is 13.3. The number of rotatable bonds is 3. The third-order valence-corrected chi connectivity index (χ3v) is 4.17. The van der Waals surface area contributed by atoms with E-state index in [1.807, 2.05) is 57.2 Å². The maximum absolute atomic E-state index is 12.5. The molecule has 0 spiro atoms. The van der Waals surface area contributed by atoms with Crippen molar-refractivity contribution in [2.75, 3.05) is 28.6 Å². The Morgan fingerprint density at radius 1 is 1.17 bits per heavy atom. The van der Waals surface area contributed by atoms with Crippen LogP contribution in [-0.4, -0.2) is 24.9 Å². The van der Waals surface area contributed by atoms with Crippen LogP contribution in [0.4, 0.5) is 17.1 Å². The summed E-state index contributed by atoms with van der Waals surface area (Å²) in [7, 11) is 0. The Balaban J connectivity index is 1.80. The van der Waals surface area contributed by atoms with Crippen LogP contribution >= 0.6 is 0 Å². The van der Waals surface area contributed by atoms with E-state index in [-0.39, 0.29) is 24.9 Å². The summed E-state index contributed by atoms with van der Waals surface area (Å²) >= 11 is 0. The average molecular weight is 323 g/mol. The van der Waals surface area contributed by atoms with Gasteiger partial charge in [0.05, 0.1) is 17.9 Å². The molecule has 1 aliphatic rings. The number of para-hydroxylation sites is 2. The predicted molar refractivity (Wildman–Crippen MR) is 96.6 cm³/mol. The van der Waals surface area contributed by atoms with Gasteiger partial charge in [0.2, 0.25) is 11.8 Å². The smallest absolute Gasteiger partial charge is 0.246 e. The second kappa shape index (κ2) is 6.35. The van der Waals surface area contributed by atoms with Crippen molar-refractivity contribution in [3.05, 3.63) is 53.1 Å². The van der Waals surface area contributed by atoms with Crippen LogP contribution in [0, 0.1) is 20.8 Å². The lowest BCUT2D eigenvalue weighted by Gasteiger charge is -2.29. The molecule has 0 atom stereocenters. The minimum atomic E-state index is -0.199. The second-order valence-corrected chi connectivity index (χ2v) is 6.17. The summed E-state index contributed by atoms with van der Waals surface area (Å²) in [6.45, 7) is 6.18. The average Bonchev–Trinajstić information content (AvgIpc) is 2.53. The molecule has 0 fully saturated rings. The molecule has 0 unspecified atom stereocenters. The molecule has 24 heavy (non-hydrogen) atoms. The van der Waals surface area contributed by atoms with Crippen molar-refractivity contribution in [1.29, 1.82) is 0 Å². The number of carbonyl (C=O) groups excluding carboxylic acids is 2. The second-order valence-electron chi connectivity index (χ2n) is 6.17. The monoisotopic (exact) mass is 323 g/mol. The molecule has 2 amide bonds. The highest BCUT2D eigenvalue weighted by Crippen LogP contribution is 2.29. The van der Waals surface area contributed by atoms with Crippen molar-refractivity contribution in [2.45, 2.75) is 20.8 Å². The first kappa shape index (κ1) is 16.1.